The van der Waals surface area contributed by atoms with Crippen molar-refractivity contribution in [1.29, 1.82) is 0 Å². The van der Waals surface area contributed by atoms with Gasteiger partial charge in [0.05, 0.1) is 18.0 Å². The second-order valence-corrected chi connectivity index (χ2v) is 21.1. The molecular formula is C58H46N4PtSi. The van der Waals surface area contributed by atoms with Gasteiger partial charge in [-0.25, -0.2) is 4.98 Å². The minimum atomic E-state index is -3.11. The van der Waals surface area contributed by atoms with Crippen LogP contribution in [0.3, 0.4) is 0 Å². The molecule has 8 aromatic carbocycles. The zero-order chi connectivity index (χ0) is 42.5. The fraction of sp³-hybridized carbons (Fsp3) is 0.0862. The Morgan fingerprint density at radius 1 is 0.516 bits per heavy atom. The molecule has 1 aliphatic rings. The number of hydrogen-bond acceptors (Lipinski definition) is 3. The Bertz CT molecular complexity index is 3230. The van der Waals surface area contributed by atoms with Gasteiger partial charge in [0.2, 0.25) is 0 Å². The van der Waals surface area contributed by atoms with Crippen LogP contribution >= 0.6 is 0 Å². The molecule has 1 aliphatic heterocycles. The molecule has 3 heterocycles. The van der Waals surface area contributed by atoms with Crippen molar-refractivity contribution in [2.24, 2.45) is 0 Å². The summed E-state index contributed by atoms with van der Waals surface area (Å²) in [5.41, 5.74) is 10.2. The van der Waals surface area contributed by atoms with E-state index >= 15 is 0 Å². The topological polar surface area (TPSA) is 24.3 Å². The molecule has 0 spiro atoms. The van der Waals surface area contributed by atoms with Crippen molar-refractivity contribution in [2.45, 2.75) is 26.3 Å². The molecule has 6 heteroatoms. The van der Waals surface area contributed by atoms with E-state index in [2.05, 4.69) is 254 Å². The molecule has 312 valence electrons. The molecule has 4 nitrogen and oxygen atoms in total. The summed E-state index contributed by atoms with van der Waals surface area (Å²) in [6, 6.07) is 83.1. The summed E-state index contributed by atoms with van der Waals surface area (Å²) in [6.45, 7) is 7.61. The van der Waals surface area contributed by atoms with Crippen LogP contribution in [0.25, 0.3) is 49.9 Å². The summed E-state index contributed by atoms with van der Waals surface area (Å²) >= 11 is 0. The van der Waals surface area contributed by atoms with Crippen LogP contribution in [0.15, 0.2) is 212 Å². The molecule has 0 saturated heterocycles. The van der Waals surface area contributed by atoms with Crippen molar-refractivity contribution in [1.82, 2.24) is 9.55 Å². The average Bonchev–Trinajstić information content (AvgIpc) is 3.90. The van der Waals surface area contributed by atoms with Gasteiger partial charge in [-0.1, -0.05) is 157 Å². The van der Waals surface area contributed by atoms with Crippen LogP contribution in [0.1, 0.15) is 20.8 Å². The van der Waals surface area contributed by atoms with Gasteiger partial charge in [-0.3, -0.25) is 0 Å². The van der Waals surface area contributed by atoms with Gasteiger partial charge < -0.3 is 14.4 Å². The molecule has 2 aromatic heterocycles. The van der Waals surface area contributed by atoms with E-state index < -0.39 is 8.07 Å². The Labute approximate surface area is 391 Å². The predicted molar refractivity (Wildman–Crippen MR) is 266 cm³/mol. The van der Waals surface area contributed by atoms with E-state index in [0.717, 1.165) is 45.3 Å². The van der Waals surface area contributed by atoms with Crippen LogP contribution in [0.4, 0.5) is 17.1 Å². The Morgan fingerprint density at radius 3 is 1.81 bits per heavy atom. The van der Waals surface area contributed by atoms with Crippen molar-refractivity contribution in [3.8, 4) is 28.1 Å². The SMILES string of the molecule is CC(C)(C)N1CN(c2[c-]c([Si](c3[c-]c4c(cc3)c3ccccc3n4-c3cc(-c4ccccc4-c4ccccc4)ccn3)(c3ccccc3)c3ccccc3)ccc2)c2ccccc21.[Pt+2]. The van der Waals surface area contributed by atoms with Gasteiger partial charge in [0.25, 0.3) is 0 Å². The molecule has 0 amide bonds. The first-order valence-electron chi connectivity index (χ1n) is 21.7. The Kier molecular flexibility index (Phi) is 10.8. The van der Waals surface area contributed by atoms with Crippen molar-refractivity contribution in [3.05, 3.63) is 225 Å². The average molecular weight is 1020 g/mol. The monoisotopic (exact) mass is 1020 g/mol. The molecule has 64 heavy (non-hydrogen) atoms. The van der Waals surface area contributed by atoms with E-state index in [0.29, 0.717) is 0 Å². The number of anilines is 3. The Hall–Kier alpha value is -6.78. The Morgan fingerprint density at radius 2 is 1.11 bits per heavy atom. The minimum absolute atomic E-state index is 0. The molecular weight excluding hydrogens is 976 g/mol. The molecule has 0 aliphatic carbocycles. The third-order valence-corrected chi connectivity index (χ3v) is 17.3. The number of benzene rings is 8. The number of fused-ring (bicyclic) bond motifs is 4. The van der Waals surface area contributed by atoms with Gasteiger partial charge in [0.15, 0.2) is 0 Å². The first kappa shape index (κ1) is 41.2. The van der Waals surface area contributed by atoms with Crippen LogP contribution in [0.5, 0.6) is 0 Å². The smallest absolute Gasteiger partial charge is 0.347 e. The van der Waals surface area contributed by atoms with E-state index in [1.54, 1.807) is 0 Å². The molecule has 10 aromatic rings. The molecule has 0 radical (unpaired) electrons. The van der Waals surface area contributed by atoms with Crippen molar-refractivity contribution >= 4 is 67.7 Å². The number of aromatic nitrogens is 2. The van der Waals surface area contributed by atoms with Gasteiger partial charge in [-0.15, -0.1) is 11.5 Å². The second-order valence-electron chi connectivity index (χ2n) is 17.4. The van der Waals surface area contributed by atoms with Gasteiger partial charge in [0, 0.05) is 17.3 Å². The molecule has 0 unspecified atom stereocenters. The van der Waals surface area contributed by atoms with E-state index in [1.165, 1.54) is 49.0 Å². The molecule has 11 rings (SSSR count). The van der Waals surface area contributed by atoms with Gasteiger partial charge in [0.1, 0.15) is 13.9 Å². The van der Waals surface area contributed by atoms with Gasteiger partial charge in [-0.2, -0.15) is 46.8 Å². The minimum Gasteiger partial charge on any atom is -0.347 e. The van der Waals surface area contributed by atoms with Crippen LogP contribution < -0.4 is 30.5 Å². The molecule has 0 N–H and O–H groups in total. The third-order valence-electron chi connectivity index (χ3n) is 12.7. The third kappa shape index (κ3) is 6.91. The zero-order valence-electron chi connectivity index (χ0n) is 36.0. The quantitative estimate of drug-likeness (QED) is 0.0861. The molecule has 0 atom stereocenters. The standard InChI is InChI=1S/C58H46N4Si.Pt/c1-58(2,3)61-41-60(54-32-17-18-33-55(54)61)44-22-19-27-47(39-44)63(45-23-9-5-10-24-45,46-25-11-6-12-26-46)48-34-35-52-51-30-15-16-31-53(51)62(56(52)40-48)57-38-43(36-37-59-57)50-29-14-13-28-49(50)42-20-7-4-8-21-42;/h4-38H,41H2,1-3H3;/q-2;+2. The van der Waals surface area contributed by atoms with Gasteiger partial charge in [-0.05, 0) is 89.1 Å². The van der Waals surface area contributed by atoms with Gasteiger partial charge >= 0.3 is 21.1 Å². The number of para-hydroxylation sites is 3. The summed E-state index contributed by atoms with van der Waals surface area (Å²) in [5.74, 6) is 0.853. The molecule has 0 bridgehead atoms. The first-order valence-corrected chi connectivity index (χ1v) is 23.7. The Balaban J connectivity index is 0.00000484. The summed E-state index contributed by atoms with van der Waals surface area (Å²) in [7, 11) is -3.11. The number of nitrogens with zero attached hydrogens (tertiary/aromatic N) is 4. The van der Waals surface area contributed by atoms with E-state index in [9.17, 15) is 0 Å². The molecule has 0 saturated carbocycles. The maximum Gasteiger partial charge on any atom is 2.00 e. The van der Waals surface area contributed by atoms with Crippen LogP contribution in [0, 0.1) is 12.1 Å². The summed E-state index contributed by atoms with van der Waals surface area (Å²) in [5, 5.41) is 7.21. The van der Waals surface area contributed by atoms with E-state index in [-0.39, 0.29) is 26.6 Å². The van der Waals surface area contributed by atoms with E-state index in [1.807, 2.05) is 6.20 Å². The zero-order valence-corrected chi connectivity index (χ0v) is 39.3. The maximum absolute atomic E-state index is 5.11. The summed E-state index contributed by atoms with van der Waals surface area (Å²) in [4.78, 5) is 10.0. The first-order chi connectivity index (χ1) is 30.9. The number of rotatable bonds is 8. The van der Waals surface area contributed by atoms with Crippen molar-refractivity contribution < 1.29 is 21.1 Å². The number of pyridine rings is 1. The van der Waals surface area contributed by atoms with Crippen LogP contribution in [-0.2, 0) is 21.1 Å². The predicted octanol–water partition coefficient (Wildman–Crippen LogP) is 11.2. The second kappa shape index (κ2) is 16.7. The normalized spacial score (nSPS) is 12.7. The van der Waals surface area contributed by atoms with Crippen LogP contribution in [0.2, 0.25) is 0 Å². The summed E-state index contributed by atoms with van der Waals surface area (Å²) in [6.07, 6.45) is 1.95. The van der Waals surface area contributed by atoms with Crippen LogP contribution in [-0.4, -0.2) is 29.8 Å². The number of hydrogen-bond donors (Lipinski definition) is 0. The fourth-order valence-electron chi connectivity index (χ4n) is 9.80. The van der Waals surface area contributed by atoms with Crippen molar-refractivity contribution in [2.75, 3.05) is 16.5 Å². The summed E-state index contributed by atoms with van der Waals surface area (Å²) < 4.78 is 2.32. The molecule has 0 fully saturated rings. The van der Waals surface area contributed by atoms with E-state index in [4.69, 9.17) is 4.98 Å². The largest absolute Gasteiger partial charge is 2.00 e. The maximum atomic E-state index is 5.11. The fourth-order valence-corrected chi connectivity index (χ4v) is 14.4. The van der Waals surface area contributed by atoms with Crippen molar-refractivity contribution in [3.63, 3.8) is 0 Å².